The highest BCUT2D eigenvalue weighted by atomic mass is 16.3. The number of carbonyl (C=O) groups excluding carboxylic acids is 1. The number of rotatable bonds is 2. The van der Waals surface area contributed by atoms with Gasteiger partial charge < -0.3 is 9.73 Å². The lowest BCUT2D eigenvalue weighted by Crippen LogP contribution is -2.10. The lowest BCUT2D eigenvalue weighted by atomic mass is 10.2. The molecule has 0 aliphatic carbocycles. The molecule has 4 heteroatoms. The fourth-order valence-electron chi connectivity index (χ4n) is 1.24. The second kappa shape index (κ2) is 3.96. The SMILES string of the molecule is Cc1cccc(NC(=O)c2cnco2)c1. The Morgan fingerprint density at radius 3 is 3.00 bits per heavy atom. The van der Waals surface area contributed by atoms with Crippen molar-refractivity contribution in [2.75, 3.05) is 5.32 Å². The number of nitrogens with zero attached hydrogens (tertiary/aromatic N) is 1. The number of hydrogen-bond donors (Lipinski definition) is 1. The smallest absolute Gasteiger partial charge is 0.293 e. The fourth-order valence-corrected chi connectivity index (χ4v) is 1.24. The van der Waals surface area contributed by atoms with Crippen LogP contribution in [0, 0.1) is 6.92 Å². The van der Waals surface area contributed by atoms with Gasteiger partial charge in [-0.05, 0) is 24.6 Å². The van der Waals surface area contributed by atoms with Crippen LogP contribution in [0.3, 0.4) is 0 Å². The highest BCUT2D eigenvalue weighted by Crippen LogP contribution is 2.11. The van der Waals surface area contributed by atoms with E-state index < -0.39 is 0 Å². The van der Waals surface area contributed by atoms with Crippen LogP contribution in [0.15, 0.2) is 41.3 Å². The van der Waals surface area contributed by atoms with Gasteiger partial charge >= 0.3 is 0 Å². The Balaban J connectivity index is 2.13. The van der Waals surface area contributed by atoms with E-state index in [1.807, 2.05) is 31.2 Å². The molecule has 0 fully saturated rings. The van der Waals surface area contributed by atoms with Gasteiger partial charge in [0, 0.05) is 5.69 Å². The number of aromatic nitrogens is 1. The minimum Gasteiger partial charge on any atom is -0.438 e. The third kappa shape index (κ3) is 2.22. The van der Waals surface area contributed by atoms with E-state index in [-0.39, 0.29) is 11.7 Å². The summed E-state index contributed by atoms with van der Waals surface area (Å²) in [6, 6.07) is 7.55. The fraction of sp³-hybridized carbons (Fsp3) is 0.0909. The Kier molecular flexibility index (Phi) is 2.49. The first kappa shape index (κ1) is 9.45. The summed E-state index contributed by atoms with van der Waals surface area (Å²) in [5, 5.41) is 2.71. The van der Waals surface area contributed by atoms with Gasteiger partial charge in [0.1, 0.15) is 0 Å². The molecule has 1 amide bonds. The molecule has 0 spiro atoms. The third-order valence-electron chi connectivity index (χ3n) is 1.93. The summed E-state index contributed by atoms with van der Waals surface area (Å²) >= 11 is 0. The summed E-state index contributed by atoms with van der Waals surface area (Å²) in [4.78, 5) is 15.2. The van der Waals surface area contributed by atoms with Crippen molar-refractivity contribution in [3.05, 3.63) is 48.2 Å². The number of anilines is 1. The predicted octanol–water partition coefficient (Wildman–Crippen LogP) is 2.24. The molecule has 15 heavy (non-hydrogen) atoms. The molecular weight excluding hydrogens is 192 g/mol. The summed E-state index contributed by atoms with van der Waals surface area (Å²) in [5.41, 5.74) is 1.83. The van der Waals surface area contributed by atoms with Gasteiger partial charge in [-0.15, -0.1) is 0 Å². The maximum absolute atomic E-state index is 11.5. The zero-order valence-electron chi connectivity index (χ0n) is 8.23. The second-order valence-electron chi connectivity index (χ2n) is 3.19. The molecule has 76 valence electrons. The lowest BCUT2D eigenvalue weighted by Gasteiger charge is -2.02. The van der Waals surface area contributed by atoms with E-state index in [1.165, 1.54) is 12.6 Å². The third-order valence-corrected chi connectivity index (χ3v) is 1.93. The van der Waals surface area contributed by atoms with E-state index in [0.717, 1.165) is 11.3 Å². The van der Waals surface area contributed by atoms with Crippen LogP contribution in [0.5, 0.6) is 0 Å². The summed E-state index contributed by atoms with van der Waals surface area (Å²) in [6.45, 7) is 1.96. The van der Waals surface area contributed by atoms with Gasteiger partial charge in [0.2, 0.25) is 5.76 Å². The van der Waals surface area contributed by atoms with Gasteiger partial charge in [-0.2, -0.15) is 0 Å². The van der Waals surface area contributed by atoms with Crippen molar-refractivity contribution in [3.63, 3.8) is 0 Å². The highest BCUT2D eigenvalue weighted by Gasteiger charge is 2.08. The van der Waals surface area contributed by atoms with Crippen molar-refractivity contribution in [1.29, 1.82) is 0 Å². The van der Waals surface area contributed by atoms with Gasteiger partial charge in [-0.1, -0.05) is 12.1 Å². The van der Waals surface area contributed by atoms with Crippen LogP contribution < -0.4 is 5.32 Å². The highest BCUT2D eigenvalue weighted by molar-refractivity contribution is 6.01. The van der Waals surface area contributed by atoms with Crippen LogP contribution in [0.2, 0.25) is 0 Å². The van der Waals surface area contributed by atoms with E-state index in [0.29, 0.717) is 0 Å². The Morgan fingerprint density at radius 2 is 2.33 bits per heavy atom. The number of hydrogen-bond acceptors (Lipinski definition) is 3. The zero-order chi connectivity index (χ0) is 10.7. The van der Waals surface area contributed by atoms with E-state index in [4.69, 9.17) is 4.42 Å². The number of oxazole rings is 1. The summed E-state index contributed by atoms with van der Waals surface area (Å²) < 4.78 is 4.87. The first-order chi connectivity index (χ1) is 7.25. The summed E-state index contributed by atoms with van der Waals surface area (Å²) in [7, 11) is 0. The van der Waals surface area contributed by atoms with Crippen molar-refractivity contribution in [2.45, 2.75) is 6.92 Å². The quantitative estimate of drug-likeness (QED) is 0.812. The second-order valence-corrected chi connectivity index (χ2v) is 3.19. The average molecular weight is 202 g/mol. The topological polar surface area (TPSA) is 55.1 Å². The van der Waals surface area contributed by atoms with Crippen molar-refractivity contribution in [3.8, 4) is 0 Å². The van der Waals surface area contributed by atoms with Gasteiger partial charge in [-0.3, -0.25) is 4.79 Å². The normalized spacial score (nSPS) is 9.93. The van der Waals surface area contributed by atoms with Crippen LogP contribution in [0.4, 0.5) is 5.69 Å². The monoisotopic (exact) mass is 202 g/mol. The van der Waals surface area contributed by atoms with E-state index >= 15 is 0 Å². The Labute approximate surface area is 86.9 Å². The first-order valence-corrected chi connectivity index (χ1v) is 4.52. The van der Waals surface area contributed by atoms with E-state index in [2.05, 4.69) is 10.3 Å². The molecule has 0 saturated carbocycles. The molecule has 0 atom stereocenters. The Bertz CT molecular complexity index is 463. The molecule has 2 aromatic rings. The number of amides is 1. The molecule has 1 N–H and O–H groups in total. The molecule has 1 heterocycles. The van der Waals surface area contributed by atoms with Crippen LogP contribution in [-0.4, -0.2) is 10.9 Å². The molecule has 0 saturated heterocycles. The van der Waals surface area contributed by atoms with Gasteiger partial charge in [0.15, 0.2) is 6.39 Å². The number of benzene rings is 1. The maximum atomic E-state index is 11.5. The van der Waals surface area contributed by atoms with Crippen molar-refractivity contribution in [2.24, 2.45) is 0 Å². The van der Waals surface area contributed by atoms with Crippen LogP contribution in [-0.2, 0) is 0 Å². The molecule has 0 unspecified atom stereocenters. The molecule has 2 rings (SSSR count). The Hall–Kier alpha value is -2.10. The standard InChI is InChI=1S/C11H10N2O2/c1-8-3-2-4-9(5-8)13-11(14)10-6-12-7-15-10/h2-7H,1H3,(H,13,14). The number of aryl methyl sites for hydroxylation is 1. The lowest BCUT2D eigenvalue weighted by molar-refractivity contribution is 0.0996. The minimum atomic E-state index is -0.293. The molecule has 1 aromatic heterocycles. The number of nitrogens with one attached hydrogen (secondary N) is 1. The van der Waals surface area contributed by atoms with E-state index in [9.17, 15) is 4.79 Å². The van der Waals surface area contributed by atoms with Crippen molar-refractivity contribution >= 4 is 11.6 Å². The largest absolute Gasteiger partial charge is 0.438 e. The number of carbonyl (C=O) groups is 1. The van der Waals surface area contributed by atoms with Crippen molar-refractivity contribution < 1.29 is 9.21 Å². The van der Waals surface area contributed by atoms with Crippen molar-refractivity contribution in [1.82, 2.24) is 4.98 Å². The predicted molar refractivity (Wildman–Crippen MR) is 55.6 cm³/mol. The van der Waals surface area contributed by atoms with Gasteiger partial charge in [0.05, 0.1) is 6.20 Å². The Morgan fingerprint density at radius 1 is 1.47 bits per heavy atom. The first-order valence-electron chi connectivity index (χ1n) is 4.52. The van der Waals surface area contributed by atoms with Crippen LogP contribution in [0.1, 0.15) is 16.1 Å². The van der Waals surface area contributed by atoms with Gasteiger partial charge in [0.25, 0.3) is 5.91 Å². The molecular formula is C11H10N2O2. The maximum Gasteiger partial charge on any atom is 0.293 e. The molecule has 0 radical (unpaired) electrons. The molecule has 0 aliphatic heterocycles. The molecule has 0 bridgehead atoms. The van der Waals surface area contributed by atoms with E-state index in [1.54, 1.807) is 0 Å². The zero-order valence-corrected chi connectivity index (χ0v) is 8.23. The summed E-state index contributed by atoms with van der Waals surface area (Å²) in [5.74, 6) is -0.0883. The van der Waals surface area contributed by atoms with Gasteiger partial charge in [-0.25, -0.2) is 4.98 Å². The average Bonchev–Trinajstić information content (AvgIpc) is 2.70. The molecule has 0 aliphatic rings. The summed E-state index contributed by atoms with van der Waals surface area (Å²) in [6.07, 6.45) is 2.61. The molecule has 4 nitrogen and oxygen atoms in total. The minimum absolute atomic E-state index is 0.205. The molecule has 1 aromatic carbocycles. The van der Waals surface area contributed by atoms with Crippen LogP contribution in [0.25, 0.3) is 0 Å². The van der Waals surface area contributed by atoms with Crippen LogP contribution >= 0.6 is 0 Å².